The maximum atomic E-state index is 12.9. The van der Waals surface area contributed by atoms with Gasteiger partial charge in [0.05, 0.1) is 6.20 Å². The highest BCUT2D eigenvalue weighted by Gasteiger charge is 2.05. The Morgan fingerprint density at radius 3 is 3.06 bits per heavy atom. The first kappa shape index (κ1) is 11.2. The second-order valence-corrected chi connectivity index (χ2v) is 4.61. The molecule has 84 valence electrons. The van der Waals surface area contributed by atoms with Gasteiger partial charge in [0, 0.05) is 23.7 Å². The highest BCUT2D eigenvalue weighted by molar-refractivity contribution is 7.10. The minimum Gasteiger partial charge on any atom is -0.305 e. The van der Waals surface area contributed by atoms with Gasteiger partial charge in [0.1, 0.15) is 5.82 Å². The SMILES string of the molecule is C[C@@H](NCc1cncc(F)c1)c1cccs1. The second kappa shape index (κ2) is 5.18. The van der Waals surface area contributed by atoms with E-state index in [1.165, 1.54) is 17.1 Å². The molecule has 0 fully saturated rings. The number of halogens is 1. The van der Waals surface area contributed by atoms with Crippen LogP contribution in [0.15, 0.2) is 36.0 Å². The predicted octanol–water partition coefficient (Wildman–Crippen LogP) is 3.13. The Morgan fingerprint density at radius 2 is 2.38 bits per heavy atom. The summed E-state index contributed by atoms with van der Waals surface area (Å²) < 4.78 is 12.9. The summed E-state index contributed by atoms with van der Waals surface area (Å²) in [5.74, 6) is -0.289. The van der Waals surface area contributed by atoms with Crippen molar-refractivity contribution in [3.8, 4) is 0 Å². The number of aromatic nitrogens is 1. The zero-order valence-corrected chi connectivity index (χ0v) is 9.80. The van der Waals surface area contributed by atoms with E-state index in [1.807, 2.05) is 6.07 Å². The Morgan fingerprint density at radius 1 is 1.50 bits per heavy atom. The predicted molar refractivity (Wildman–Crippen MR) is 63.8 cm³/mol. The van der Waals surface area contributed by atoms with Crippen LogP contribution in [0.25, 0.3) is 0 Å². The molecule has 2 aromatic rings. The molecule has 1 atom stereocenters. The summed E-state index contributed by atoms with van der Waals surface area (Å²) in [6.07, 6.45) is 2.89. The van der Waals surface area contributed by atoms with Gasteiger partial charge in [-0.3, -0.25) is 4.98 Å². The summed E-state index contributed by atoms with van der Waals surface area (Å²) in [6.45, 7) is 2.72. The fourth-order valence-corrected chi connectivity index (χ4v) is 2.22. The summed E-state index contributed by atoms with van der Waals surface area (Å²) >= 11 is 1.72. The van der Waals surface area contributed by atoms with E-state index in [2.05, 4.69) is 28.7 Å². The minimum absolute atomic E-state index is 0.281. The Labute approximate surface area is 98.2 Å². The first-order chi connectivity index (χ1) is 7.75. The van der Waals surface area contributed by atoms with E-state index < -0.39 is 0 Å². The van der Waals surface area contributed by atoms with Gasteiger partial charge in [0.2, 0.25) is 0 Å². The second-order valence-electron chi connectivity index (χ2n) is 3.63. The van der Waals surface area contributed by atoms with Gasteiger partial charge >= 0.3 is 0 Å². The lowest BCUT2D eigenvalue weighted by atomic mass is 10.2. The van der Waals surface area contributed by atoms with Gasteiger partial charge in [0.25, 0.3) is 0 Å². The van der Waals surface area contributed by atoms with E-state index in [9.17, 15) is 4.39 Å². The Bertz CT molecular complexity index is 442. The fraction of sp³-hybridized carbons (Fsp3) is 0.250. The number of hydrogen-bond acceptors (Lipinski definition) is 3. The van der Waals surface area contributed by atoms with Gasteiger partial charge in [-0.1, -0.05) is 6.07 Å². The Hall–Kier alpha value is -1.26. The largest absolute Gasteiger partial charge is 0.305 e. The molecule has 2 heterocycles. The van der Waals surface area contributed by atoms with Crippen LogP contribution in [0, 0.1) is 5.82 Å². The number of nitrogens with one attached hydrogen (secondary N) is 1. The maximum absolute atomic E-state index is 12.9. The molecule has 0 radical (unpaired) electrons. The van der Waals surface area contributed by atoms with Crippen LogP contribution in [0.3, 0.4) is 0 Å². The van der Waals surface area contributed by atoms with E-state index in [0.29, 0.717) is 6.54 Å². The molecule has 2 rings (SSSR count). The van der Waals surface area contributed by atoms with E-state index in [-0.39, 0.29) is 11.9 Å². The summed E-state index contributed by atoms with van der Waals surface area (Å²) in [4.78, 5) is 5.09. The van der Waals surface area contributed by atoms with Gasteiger partial charge < -0.3 is 5.32 Å². The van der Waals surface area contributed by atoms with E-state index >= 15 is 0 Å². The summed E-state index contributed by atoms with van der Waals surface area (Å²) in [6, 6.07) is 5.90. The quantitative estimate of drug-likeness (QED) is 0.882. The van der Waals surface area contributed by atoms with Gasteiger partial charge in [-0.15, -0.1) is 11.3 Å². The topological polar surface area (TPSA) is 24.9 Å². The van der Waals surface area contributed by atoms with Crippen LogP contribution >= 0.6 is 11.3 Å². The van der Waals surface area contributed by atoms with Crippen LogP contribution in [0.5, 0.6) is 0 Å². The number of hydrogen-bond donors (Lipinski definition) is 1. The number of rotatable bonds is 4. The molecular weight excluding hydrogens is 223 g/mol. The lowest BCUT2D eigenvalue weighted by Gasteiger charge is -2.11. The van der Waals surface area contributed by atoms with Crippen LogP contribution in [-0.4, -0.2) is 4.98 Å². The molecule has 2 nitrogen and oxygen atoms in total. The third-order valence-electron chi connectivity index (χ3n) is 2.34. The van der Waals surface area contributed by atoms with Crippen LogP contribution in [0.4, 0.5) is 4.39 Å². The molecule has 2 aromatic heterocycles. The smallest absolute Gasteiger partial charge is 0.141 e. The number of nitrogens with zero attached hydrogens (tertiary/aromatic N) is 1. The highest BCUT2D eigenvalue weighted by Crippen LogP contribution is 2.18. The van der Waals surface area contributed by atoms with Crippen LogP contribution in [-0.2, 0) is 6.54 Å². The zero-order chi connectivity index (χ0) is 11.4. The molecule has 0 aromatic carbocycles. The van der Waals surface area contributed by atoms with Crippen molar-refractivity contribution in [1.29, 1.82) is 0 Å². The molecule has 16 heavy (non-hydrogen) atoms. The molecule has 0 saturated heterocycles. The Balaban J connectivity index is 1.92. The summed E-state index contributed by atoms with van der Waals surface area (Å²) in [5, 5.41) is 5.39. The molecule has 0 unspecified atom stereocenters. The third kappa shape index (κ3) is 2.87. The molecule has 0 bridgehead atoms. The molecule has 1 N–H and O–H groups in total. The zero-order valence-electron chi connectivity index (χ0n) is 8.98. The van der Waals surface area contributed by atoms with Gasteiger partial charge in [0.15, 0.2) is 0 Å². The standard InChI is InChI=1S/C12H13FN2S/c1-9(12-3-2-4-16-12)15-7-10-5-11(13)8-14-6-10/h2-6,8-9,15H,7H2,1H3/t9-/m1/s1. The van der Waals surface area contributed by atoms with Gasteiger partial charge in [-0.05, 0) is 30.0 Å². The van der Waals surface area contributed by atoms with Crippen molar-refractivity contribution in [2.45, 2.75) is 19.5 Å². The van der Waals surface area contributed by atoms with Crippen molar-refractivity contribution >= 4 is 11.3 Å². The van der Waals surface area contributed by atoms with Crippen LogP contribution < -0.4 is 5.32 Å². The monoisotopic (exact) mass is 236 g/mol. The lowest BCUT2D eigenvalue weighted by Crippen LogP contribution is -2.17. The summed E-state index contributed by atoms with van der Waals surface area (Å²) in [5.41, 5.74) is 0.864. The van der Waals surface area contributed by atoms with Crippen molar-refractivity contribution in [2.24, 2.45) is 0 Å². The van der Waals surface area contributed by atoms with Crippen molar-refractivity contribution in [1.82, 2.24) is 10.3 Å². The normalized spacial score (nSPS) is 12.6. The molecule has 0 spiro atoms. The van der Waals surface area contributed by atoms with Crippen LogP contribution in [0.1, 0.15) is 23.4 Å². The van der Waals surface area contributed by atoms with E-state index in [4.69, 9.17) is 0 Å². The van der Waals surface area contributed by atoms with Gasteiger partial charge in [-0.2, -0.15) is 0 Å². The average molecular weight is 236 g/mol. The van der Waals surface area contributed by atoms with Crippen molar-refractivity contribution in [2.75, 3.05) is 0 Å². The van der Waals surface area contributed by atoms with Crippen molar-refractivity contribution < 1.29 is 4.39 Å². The lowest BCUT2D eigenvalue weighted by molar-refractivity contribution is 0.573. The highest BCUT2D eigenvalue weighted by atomic mass is 32.1. The van der Waals surface area contributed by atoms with E-state index in [0.717, 1.165) is 5.56 Å². The number of pyridine rings is 1. The Kier molecular flexibility index (Phi) is 3.64. The first-order valence-corrected chi connectivity index (χ1v) is 6.00. The fourth-order valence-electron chi connectivity index (χ4n) is 1.46. The van der Waals surface area contributed by atoms with Gasteiger partial charge in [-0.25, -0.2) is 4.39 Å². The maximum Gasteiger partial charge on any atom is 0.141 e. The average Bonchev–Trinajstić information content (AvgIpc) is 2.79. The molecule has 4 heteroatoms. The molecular formula is C12H13FN2S. The van der Waals surface area contributed by atoms with Crippen molar-refractivity contribution in [3.05, 3.63) is 52.2 Å². The molecule has 0 aliphatic rings. The minimum atomic E-state index is -0.289. The molecule has 0 amide bonds. The molecule has 0 aliphatic heterocycles. The van der Waals surface area contributed by atoms with Crippen molar-refractivity contribution in [3.63, 3.8) is 0 Å². The third-order valence-corrected chi connectivity index (χ3v) is 3.40. The number of thiophene rings is 1. The van der Waals surface area contributed by atoms with Crippen LogP contribution in [0.2, 0.25) is 0 Å². The molecule has 0 saturated carbocycles. The first-order valence-electron chi connectivity index (χ1n) is 5.12. The molecule has 0 aliphatic carbocycles. The van der Waals surface area contributed by atoms with E-state index in [1.54, 1.807) is 17.5 Å². The summed E-state index contributed by atoms with van der Waals surface area (Å²) in [7, 11) is 0.